The van der Waals surface area contributed by atoms with E-state index in [2.05, 4.69) is 0 Å². The Morgan fingerprint density at radius 3 is 1.58 bits per heavy atom. The second-order valence-corrected chi connectivity index (χ2v) is 9.01. The van der Waals surface area contributed by atoms with Crippen LogP contribution >= 0.6 is 0 Å². The average Bonchev–Trinajstić information content (AvgIpc) is 2.93. The lowest BCUT2D eigenvalue weighted by atomic mass is 9.80. The van der Waals surface area contributed by atoms with Gasteiger partial charge in [-0.1, -0.05) is 91.0 Å². The van der Waals surface area contributed by atoms with Crippen LogP contribution in [0.3, 0.4) is 0 Å². The largest absolute Gasteiger partial charge is 0.457 e. The summed E-state index contributed by atoms with van der Waals surface area (Å²) >= 11 is 0. The van der Waals surface area contributed by atoms with E-state index in [0.717, 1.165) is 16.7 Å². The number of ether oxygens (including phenoxy) is 5. The molecule has 8 heteroatoms. The molecule has 4 rings (SSSR count). The van der Waals surface area contributed by atoms with Gasteiger partial charge in [0.15, 0.2) is 18.5 Å². The minimum Gasteiger partial charge on any atom is -0.457 e. The number of rotatable bonds is 9. The molecule has 1 fully saturated rings. The summed E-state index contributed by atoms with van der Waals surface area (Å²) in [6, 6.07) is 29.3. The minimum absolute atomic E-state index is 0.0969. The van der Waals surface area contributed by atoms with Gasteiger partial charge in [-0.25, -0.2) is 0 Å². The van der Waals surface area contributed by atoms with Gasteiger partial charge in [0.2, 0.25) is 0 Å². The van der Waals surface area contributed by atoms with Crippen LogP contribution in [0.2, 0.25) is 0 Å². The van der Waals surface area contributed by atoms with Gasteiger partial charge in [-0.15, -0.1) is 0 Å². The molecule has 3 aromatic rings. The number of carbonyl (C=O) groups excluding carboxylic acids is 2. The summed E-state index contributed by atoms with van der Waals surface area (Å²) in [6.07, 6.45) is -5.83. The molecule has 0 bridgehead atoms. The van der Waals surface area contributed by atoms with Crippen molar-refractivity contribution in [1.29, 1.82) is 0 Å². The number of methoxy groups -OCH3 is 1. The Hall–Kier alpha value is -3.56. The second-order valence-electron chi connectivity index (χ2n) is 9.01. The van der Waals surface area contributed by atoms with Crippen LogP contribution in [0, 0.1) is 0 Å². The van der Waals surface area contributed by atoms with Gasteiger partial charge in [-0.3, -0.25) is 9.59 Å². The van der Waals surface area contributed by atoms with Crippen LogP contribution in [0.5, 0.6) is 0 Å². The van der Waals surface area contributed by atoms with Crippen LogP contribution in [0.1, 0.15) is 30.5 Å². The van der Waals surface area contributed by atoms with E-state index in [-0.39, 0.29) is 6.61 Å². The maximum Gasteiger partial charge on any atom is 0.303 e. The van der Waals surface area contributed by atoms with Gasteiger partial charge in [0.1, 0.15) is 17.8 Å². The summed E-state index contributed by atoms with van der Waals surface area (Å²) in [5.41, 5.74) is 1.56. The summed E-state index contributed by atoms with van der Waals surface area (Å²) in [4.78, 5) is 23.7. The van der Waals surface area contributed by atoms with Crippen molar-refractivity contribution in [3.8, 4) is 0 Å². The number of hydrogen-bond acceptors (Lipinski definition) is 8. The molecule has 0 amide bonds. The van der Waals surface area contributed by atoms with E-state index in [1.807, 2.05) is 91.0 Å². The van der Waals surface area contributed by atoms with Gasteiger partial charge in [-0.2, -0.15) is 0 Å². The first kappa shape index (κ1) is 27.5. The Kier molecular flexibility index (Phi) is 8.91. The van der Waals surface area contributed by atoms with Crippen molar-refractivity contribution >= 4 is 11.9 Å². The fraction of sp³-hybridized carbons (Fsp3) is 0.333. The molecule has 1 N–H and O–H groups in total. The zero-order valence-electron chi connectivity index (χ0n) is 21.6. The van der Waals surface area contributed by atoms with E-state index >= 15 is 0 Å². The maximum absolute atomic E-state index is 12.0. The lowest BCUT2D eigenvalue weighted by Gasteiger charge is -2.44. The van der Waals surface area contributed by atoms with Gasteiger partial charge >= 0.3 is 11.9 Å². The summed E-state index contributed by atoms with van der Waals surface area (Å²) in [5.74, 6) is -1.26. The zero-order chi connectivity index (χ0) is 27.1. The molecule has 0 aromatic heterocycles. The first-order chi connectivity index (χ1) is 18.4. The van der Waals surface area contributed by atoms with Crippen molar-refractivity contribution < 1.29 is 38.4 Å². The van der Waals surface area contributed by atoms with Crippen LogP contribution in [0.4, 0.5) is 0 Å². The van der Waals surface area contributed by atoms with E-state index in [0.29, 0.717) is 0 Å². The van der Waals surface area contributed by atoms with Crippen molar-refractivity contribution in [3.05, 3.63) is 108 Å². The smallest absolute Gasteiger partial charge is 0.303 e. The third-order valence-corrected chi connectivity index (χ3v) is 6.46. The number of carbonyl (C=O) groups is 2. The lowest BCUT2D eigenvalue weighted by Crippen LogP contribution is -2.61. The SMILES string of the molecule is CO[C@@H]1O[C@H](COC(c2ccccc2)(c2ccccc2)c2ccccc2)[C@H](OC(C)=O)[C@H](O)[C@H]1OC(C)=O. The Balaban J connectivity index is 1.76. The molecule has 0 aliphatic carbocycles. The monoisotopic (exact) mass is 520 g/mol. The quantitative estimate of drug-likeness (QED) is 0.338. The first-order valence-electron chi connectivity index (χ1n) is 12.4. The summed E-state index contributed by atoms with van der Waals surface area (Å²) in [6.45, 7) is 2.35. The Morgan fingerprint density at radius 1 is 0.763 bits per heavy atom. The van der Waals surface area contributed by atoms with Gasteiger partial charge in [0, 0.05) is 21.0 Å². The molecule has 3 aromatic carbocycles. The fourth-order valence-corrected chi connectivity index (χ4v) is 4.85. The third kappa shape index (κ3) is 5.79. The molecule has 1 aliphatic heterocycles. The van der Waals surface area contributed by atoms with Gasteiger partial charge in [0.25, 0.3) is 0 Å². The van der Waals surface area contributed by atoms with E-state index in [1.165, 1.54) is 21.0 Å². The predicted molar refractivity (Wildman–Crippen MR) is 138 cm³/mol. The van der Waals surface area contributed by atoms with Crippen molar-refractivity contribution in [1.82, 2.24) is 0 Å². The van der Waals surface area contributed by atoms with E-state index in [9.17, 15) is 14.7 Å². The fourth-order valence-electron chi connectivity index (χ4n) is 4.85. The number of esters is 2. The third-order valence-electron chi connectivity index (χ3n) is 6.46. The Bertz CT molecular complexity index is 1090. The molecule has 1 aliphatic rings. The molecule has 200 valence electrons. The molecule has 1 heterocycles. The number of benzene rings is 3. The average molecular weight is 521 g/mol. The summed E-state index contributed by atoms with van der Waals surface area (Å²) < 4.78 is 29.0. The number of aliphatic hydroxyl groups is 1. The van der Waals surface area contributed by atoms with Crippen LogP contribution < -0.4 is 0 Å². The van der Waals surface area contributed by atoms with E-state index in [1.54, 1.807) is 0 Å². The maximum atomic E-state index is 12.0. The van der Waals surface area contributed by atoms with Crippen molar-refractivity contribution in [3.63, 3.8) is 0 Å². The van der Waals surface area contributed by atoms with Crippen molar-refractivity contribution in [2.45, 2.75) is 50.2 Å². The van der Waals surface area contributed by atoms with Crippen molar-refractivity contribution in [2.24, 2.45) is 0 Å². The molecule has 0 unspecified atom stereocenters. The topological polar surface area (TPSA) is 101 Å². The number of aliphatic hydroxyl groups excluding tert-OH is 1. The van der Waals surface area contributed by atoms with E-state index < -0.39 is 48.2 Å². The van der Waals surface area contributed by atoms with Gasteiger partial charge < -0.3 is 28.8 Å². The van der Waals surface area contributed by atoms with Crippen LogP contribution in [-0.2, 0) is 38.9 Å². The molecule has 1 saturated heterocycles. The minimum atomic E-state index is -1.41. The Labute approximate surface area is 222 Å². The molecule has 5 atom stereocenters. The molecule has 8 nitrogen and oxygen atoms in total. The highest BCUT2D eigenvalue weighted by Gasteiger charge is 2.50. The highest BCUT2D eigenvalue weighted by Crippen LogP contribution is 2.41. The Morgan fingerprint density at radius 2 is 1.18 bits per heavy atom. The molecule has 0 saturated carbocycles. The van der Waals surface area contributed by atoms with Crippen LogP contribution in [0.15, 0.2) is 91.0 Å². The molecule has 0 radical (unpaired) electrons. The summed E-state index contributed by atoms with van der Waals surface area (Å²) in [5, 5.41) is 11.1. The zero-order valence-corrected chi connectivity index (χ0v) is 21.6. The lowest BCUT2D eigenvalue weighted by molar-refractivity contribution is -0.304. The molecular weight excluding hydrogens is 488 g/mol. The van der Waals surface area contributed by atoms with Gasteiger partial charge in [0.05, 0.1) is 6.61 Å². The second kappa shape index (κ2) is 12.3. The highest BCUT2D eigenvalue weighted by molar-refractivity contribution is 5.67. The highest BCUT2D eigenvalue weighted by atomic mass is 16.7. The standard InChI is InChI=1S/C30H32O8/c1-20(31)36-27-25(38-29(34-3)28(26(27)33)37-21(2)32)19-35-30(22-13-7-4-8-14-22,23-15-9-5-10-16-23)24-17-11-6-12-18-24/h4-18,25-29,33H,19H2,1-3H3/t25-,26+,27+,28-,29-/m1/s1. The normalized spacial score (nSPS) is 23.4. The molecular formula is C30H32O8. The summed E-state index contributed by atoms with van der Waals surface area (Å²) in [7, 11) is 1.38. The molecule has 38 heavy (non-hydrogen) atoms. The number of hydrogen-bond donors (Lipinski definition) is 1. The first-order valence-corrected chi connectivity index (χ1v) is 12.4. The van der Waals surface area contributed by atoms with Crippen LogP contribution in [0.25, 0.3) is 0 Å². The van der Waals surface area contributed by atoms with E-state index in [4.69, 9.17) is 23.7 Å². The van der Waals surface area contributed by atoms with Gasteiger partial charge in [-0.05, 0) is 16.7 Å². The predicted octanol–water partition coefficient (Wildman–Crippen LogP) is 3.59. The van der Waals surface area contributed by atoms with Crippen molar-refractivity contribution in [2.75, 3.05) is 13.7 Å². The molecule has 0 spiro atoms. The van der Waals surface area contributed by atoms with Crippen LogP contribution in [-0.4, -0.2) is 61.5 Å².